The molecule has 0 spiro atoms. The lowest BCUT2D eigenvalue weighted by atomic mass is 10.1. The lowest BCUT2D eigenvalue weighted by Gasteiger charge is -2.33. The third-order valence-electron chi connectivity index (χ3n) is 4.66. The molecule has 2 aromatic rings. The number of amides is 1. The third kappa shape index (κ3) is 5.37. The largest absolute Gasteiger partial charge is 0.497 e. The molecule has 6 nitrogen and oxygen atoms in total. The highest BCUT2D eigenvalue weighted by atomic mass is 16.5. The Hall–Kier alpha value is -2.73. The minimum Gasteiger partial charge on any atom is -0.497 e. The van der Waals surface area contributed by atoms with Crippen LogP contribution >= 0.6 is 0 Å². The molecular weight excluding hydrogens is 344 g/mol. The molecule has 1 fully saturated rings. The standard InChI is InChI=1S/C21H26N2O4/c1-25-18-9-11-19(12-10-18)27-15-21(24)22-16-5-7-17(8-6-16)23-13-3-4-20(14-23)26-2/h5-12,20H,3-4,13-15H2,1-2H3,(H,22,24). The highest BCUT2D eigenvalue weighted by Crippen LogP contribution is 2.23. The van der Waals surface area contributed by atoms with Gasteiger partial charge in [-0.2, -0.15) is 0 Å². The first-order valence-corrected chi connectivity index (χ1v) is 9.12. The van der Waals surface area contributed by atoms with Gasteiger partial charge in [0.05, 0.1) is 13.2 Å². The fraction of sp³-hybridized carbons (Fsp3) is 0.381. The molecule has 1 saturated heterocycles. The van der Waals surface area contributed by atoms with Gasteiger partial charge in [-0.15, -0.1) is 0 Å². The van der Waals surface area contributed by atoms with Crippen molar-refractivity contribution in [1.29, 1.82) is 0 Å². The second kappa shape index (κ2) is 9.28. The summed E-state index contributed by atoms with van der Waals surface area (Å²) in [7, 11) is 3.37. The first kappa shape index (κ1) is 19.0. The molecule has 3 rings (SSSR count). The van der Waals surface area contributed by atoms with Crippen LogP contribution in [-0.2, 0) is 9.53 Å². The number of carbonyl (C=O) groups is 1. The first-order valence-electron chi connectivity index (χ1n) is 9.12. The molecular formula is C21H26N2O4. The van der Waals surface area contributed by atoms with Gasteiger partial charge in [0.1, 0.15) is 11.5 Å². The van der Waals surface area contributed by atoms with Crippen LogP contribution < -0.4 is 19.7 Å². The summed E-state index contributed by atoms with van der Waals surface area (Å²) in [5.74, 6) is 1.17. The Kier molecular flexibility index (Phi) is 6.54. The van der Waals surface area contributed by atoms with Crippen molar-refractivity contribution in [2.45, 2.75) is 18.9 Å². The zero-order chi connectivity index (χ0) is 19.1. The zero-order valence-corrected chi connectivity index (χ0v) is 15.8. The summed E-state index contributed by atoms with van der Waals surface area (Å²) in [6.07, 6.45) is 2.52. The van der Waals surface area contributed by atoms with Crippen molar-refractivity contribution in [2.24, 2.45) is 0 Å². The van der Waals surface area contributed by atoms with E-state index in [0.29, 0.717) is 5.75 Å². The number of ether oxygens (including phenoxy) is 3. The van der Waals surface area contributed by atoms with Gasteiger partial charge in [0.2, 0.25) is 0 Å². The number of anilines is 2. The molecule has 1 aliphatic rings. The molecule has 0 bridgehead atoms. The van der Waals surface area contributed by atoms with Crippen molar-refractivity contribution in [3.05, 3.63) is 48.5 Å². The van der Waals surface area contributed by atoms with Gasteiger partial charge in [-0.05, 0) is 61.4 Å². The van der Waals surface area contributed by atoms with Crippen LogP contribution in [0.5, 0.6) is 11.5 Å². The van der Waals surface area contributed by atoms with Crippen LogP contribution in [-0.4, -0.2) is 45.9 Å². The number of nitrogens with one attached hydrogen (secondary N) is 1. The topological polar surface area (TPSA) is 60.0 Å². The van der Waals surface area contributed by atoms with Gasteiger partial charge in [0, 0.05) is 31.6 Å². The predicted molar refractivity (Wildman–Crippen MR) is 106 cm³/mol. The average Bonchev–Trinajstić information content (AvgIpc) is 2.73. The van der Waals surface area contributed by atoms with Gasteiger partial charge < -0.3 is 24.4 Å². The van der Waals surface area contributed by atoms with Gasteiger partial charge in [-0.3, -0.25) is 4.79 Å². The van der Waals surface area contributed by atoms with Crippen molar-refractivity contribution in [3.8, 4) is 11.5 Å². The molecule has 2 aromatic carbocycles. The van der Waals surface area contributed by atoms with Crippen LogP contribution in [0.4, 0.5) is 11.4 Å². The van der Waals surface area contributed by atoms with Gasteiger partial charge in [-0.1, -0.05) is 0 Å². The monoisotopic (exact) mass is 370 g/mol. The summed E-state index contributed by atoms with van der Waals surface area (Å²) in [4.78, 5) is 14.4. The van der Waals surface area contributed by atoms with Crippen LogP contribution in [0, 0.1) is 0 Å². The Balaban J connectivity index is 1.49. The Bertz CT molecular complexity index is 731. The Morgan fingerprint density at radius 2 is 1.78 bits per heavy atom. The molecule has 1 amide bonds. The second-order valence-electron chi connectivity index (χ2n) is 6.51. The molecule has 0 radical (unpaired) electrons. The molecule has 1 heterocycles. The van der Waals surface area contributed by atoms with Crippen LogP contribution in [0.25, 0.3) is 0 Å². The van der Waals surface area contributed by atoms with E-state index in [1.54, 1.807) is 38.5 Å². The second-order valence-corrected chi connectivity index (χ2v) is 6.51. The number of nitrogens with zero attached hydrogens (tertiary/aromatic N) is 1. The van der Waals surface area contributed by atoms with Gasteiger partial charge >= 0.3 is 0 Å². The van der Waals surface area contributed by atoms with Gasteiger partial charge in [-0.25, -0.2) is 0 Å². The third-order valence-corrected chi connectivity index (χ3v) is 4.66. The molecule has 144 valence electrons. The van der Waals surface area contributed by atoms with E-state index in [1.807, 2.05) is 24.3 Å². The van der Waals surface area contributed by atoms with Crippen LogP contribution in [0.15, 0.2) is 48.5 Å². The summed E-state index contributed by atoms with van der Waals surface area (Å²) in [5, 5.41) is 2.85. The molecule has 1 N–H and O–H groups in total. The molecule has 1 atom stereocenters. The van der Waals surface area contributed by atoms with Crippen molar-refractivity contribution in [2.75, 3.05) is 44.1 Å². The summed E-state index contributed by atoms with van der Waals surface area (Å²) in [6.45, 7) is 1.88. The van der Waals surface area contributed by atoms with E-state index in [-0.39, 0.29) is 18.6 Å². The molecule has 0 aromatic heterocycles. The lowest BCUT2D eigenvalue weighted by molar-refractivity contribution is -0.118. The normalized spacial score (nSPS) is 16.7. The number of hydrogen-bond donors (Lipinski definition) is 1. The highest BCUT2D eigenvalue weighted by molar-refractivity contribution is 5.92. The average molecular weight is 370 g/mol. The smallest absolute Gasteiger partial charge is 0.262 e. The number of benzene rings is 2. The first-order chi connectivity index (χ1) is 13.2. The van der Waals surface area contributed by atoms with E-state index in [2.05, 4.69) is 10.2 Å². The molecule has 0 aliphatic carbocycles. The quantitative estimate of drug-likeness (QED) is 0.810. The van der Waals surface area contributed by atoms with E-state index in [1.165, 1.54) is 0 Å². The Morgan fingerprint density at radius 1 is 1.07 bits per heavy atom. The maximum Gasteiger partial charge on any atom is 0.262 e. The lowest BCUT2D eigenvalue weighted by Crippen LogP contribution is -2.39. The minimum absolute atomic E-state index is 0.0459. The van der Waals surface area contributed by atoms with Gasteiger partial charge in [0.25, 0.3) is 5.91 Å². The highest BCUT2D eigenvalue weighted by Gasteiger charge is 2.19. The number of rotatable bonds is 7. The van der Waals surface area contributed by atoms with Crippen LogP contribution in [0.3, 0.4) is 0 Å². The van der Waals surface area contributed by atoms with E-state index >= 15 is 0 Å². The molecule has 27 heavy (non-hydrogen) atoms. The van der Waals surface area contributed by atoms with Crippen LogP contribution in [0.2, 0.25) is 0 Å². The summed E-state index contributed by atoms with van der Waals surface area (Å²) < 4.78 is 16.1. The SMILES string of the molecule is COc1ccc(OCC(=O)Nc2ccc(N3CCCC(OC)C3)cc2)cc1. The van der Waals surface area contributed by atoms with E-state index < -0.39 is 0 Å². The van der Waals surface area contributed by atoms with Crippen molar-refractivity contribution in [3.63, 3.8) is 0 Å². The number of piperidine rings is 1. The Morgan fingerprint density at radius 3 is 2.44 bits per heavy atom. The molecule has 1 unspecified atom stereocenters. The van der Waals surface area contributed by atoms with E-state index in [4.69, 9.17) is 14.2 Å². The number of methoxy groups -OCH3 is 2. The molecule has 0 saturated carbocycles. The van der Waals surface area contributed by atoms with Crippen molar-refractivity contribution >= 4 is 17.3 Å². The van der Waals surface area contributed by atoms with E-state index in [0.717, 1.165) is 43.1 Å². The van der Waals surface area contributed by atoms with Gasteiger partial charge in [0.15, 0.2) is 6.61 Å². The van der Waals surface area contributed by atoms with Crippen molar-refractivity contribution < 1.29 is 19.0 Å². The minimum atomic E-state index is -0.198. The van der Waals surface area contributed by atoms with Crippen LogP contribution in [0.1, 0.15) is 12.8 Å². The fourth-order valence-electron chi connectivity index (χ4n) is 3.14. The predicted octanol–water partition coefficient (Wildman–Crippen LogP) is 3.33. The number of carbonyl (C=O) groups excluding carboxylic acids is 1. The Labute approximate surface area is 160 Å². The maximum absolute atomic E-state index is 12.1. The molecule has 1 aliphatic heterocycles. The summed E-state index contributed by atoms with van der Waals surface area (Å²) in [5.41, 5.74) is 1.90. The number of hydrogen-bond acceptors (Lipinski definition) is 5. The van der Waals surface area contributed by atoms with E-state index in [9.17, 15) is 4.79 Å². The summed E-state index contributed by atoms with van der Waals surface area (Å²) in [6, 6.07) is 15.0. The fourth-order valence-corrected chi connectivity index (χ4v) is 3.14. The molecule has 6 heteroatoms. The zero-order valence-electron chi connectivity index (χ0n) is 15.8. The summed E-state index contributed by atoms with van der Waals surface area (Å²) >= 11 is 0. The maximum atomic E-state index is 12.1. The van der Waals surface area contributed by atoms with Crippen molar-refractivity contribution in [1.82, 2.24) is 0 Å².